The van der Waals surface area contributed by atoms with Crippen molar-refractivity contribution in [3.05, 3.63) is 86.8 Å². The molecule has 1 amide bonds. The summed E-state index contributed by atoms with van der Waals surface area (Å²) in [5.74, 6) is -0.617. The van der Waals surface area contributed by atoms with Crippen molar-refractivity contribution in [1.82, 2.24) is 5.32 Å². The van der Waals surface area contributed by atoms with Gasteiger partial charge in [0.1, 0.15) is 23.5 Å². The number of benzene rings is 3. The van der Waals surface area contributed by atoms with Crippen molar-refractivity contribution < 1.29 is 28.9 Å². The molecule has 0 radical (unpaired) electrons. The lowest BCUT2D eigenvalue weighted by Crippen LogP contribution is -2.37. The van der Waals surface area contributed by atoms with E-state index in [2.05, 4.69) is 21.2 Å². The molecule has 9 heteroatoms. The van der Waals surface area contributed by atoms with E-state index in [1.165, 1.54) is 0 Å². The summed E-state index contributed by atoms with van der Waals surface area (Å²) in [6.45, 7) is 0.305. The van der Waals surface area contributed by atoms with Crippen LogP contribution in [0.1, 0.15) is 33.8 Å². The maximum Gasteiger partial charge on any atom is 0.311 e. The molecule has 0 bridgehead atoms. The molecule has 1 heterocycles. The molecule has 7 nitrogen and oxygen atoms in total. The van der Waals surface area contributed by atoms with Crippen molar-refractivity contribution in [2.45, 2.75) is 25.0 Å². The zero-order chi connectivity index (χ0) is 24.9. The Kier molecular flexibility index (Phi) is 7.95. The van der Waals surface area contributed by atoms with Gasteiger partial charge in [-0.25, -0.2) is 0 Å². The van der Waals surface area contributed by atoms with Crippen molar-refractivity contribution in [3.63, 3.8) is 0 Å². The van der Waals surface area contributed by atoms with Gasteiger partial charge in [0.25, 0.3) is 5.91 Å². The molecule has 0 aliphatic carbocycles. The summed E-state index contributed by atoms with van der Waals surface area (Å²) in [6, 6.07) is 17.6. The average Bonchev–Trinajstić information content (AvgIpc) is 2.85. The predicted molar refractivity (Wildman–Crippen MR) is 135 cm³/mol. The first-order valence-electron chi connectivity index (χ1n) is 10.9. The highest BCUT2D eigenvalue weighted by molar-refractivity contribution is 9.10. The van der Waals surface area contributed by atoms with Crippen LogP contribution in [0.4, 0.5) is 0 Å². The van der Waals surface area contributed by atoms with Gasteiger partial charge in [-0.1, -0.05) is 39.7 Å². The largest absolute Gasteiger partial charge is 0.493 e. The first-order chi connectivity index (χ1) is 16.8. The first kappa shape index (κ1) is 25.0. The number of hydrogen-bond acceptors (Lipinski definition) is 5. The van der Waals surface area contributed by atoms with Crippen molar-refractivity contribution in [2.75, 3.05) is 13.7 Å². The molecule has 0 fully saturated rings. The Balaban J connectivity index is 1.42. The maximum absolute atomic E-state index is 12.7. The Morgan fingerprint density at radius 3 is 2.54 bits per heavy atom. The molecule has 0 saturated carbocycles. The number of amides is 1. The van der Waals surface area contributed by atoms with Crippen LogP contribution in [0.25, 0.3) is 0 Å². The molecule has 0 spiro atoms. The predicted octanol–water partition coefficient (Wildman–Crippen LogP) is 5.79. The number of fused-ring (bicyclic) bond motifs is 1. The third-order valence-corrected chi connectivity index (χ3v) is 6.48. The molecule has 0 aromatic heterocycles. The van der Waals surface area contributed by atoms with Crippen molar-refractivity contribution in [2.24, 2.45) is 0 Å². The lowest BCUT2D eigenvalue weighted by molar-refractivity contribution is -0.139. The molecule has 3 aromatic rings. The number of nitrogens with one attached hydrogen (secondary N) is 1. The highest BCUT2D eigenvalue weighted by Crippen LogP contribution is 2.41. The van der Waals surface area contributed by atoms with E-state index < -0.39 is 18.1 Å². The van der Waals surface area contributed by atoms with Crippen LogP contribution in [0.15, 0.2) is 65.1 Å². The second kappa shape index (κ2) is 11.1. The number of carbonyl (C=O) groups is 2. The van der Waals surface area contributed by atoms with Crippen LogP contribution < -0.4 is 14.8 Å². The zero-order valence-electron chi connectivity index (χ0n) is 18.8. The van der Waals surface area contributed by atoms with Crippen LogP contribution in [0.3, 0.4) is 0 Å². The Morgan fingerprint density at radius 1 is 1.17 bits per heavy atom. The fourth-order valence-electron chi connectivity index (χ4n) is 3.78. The van der Waals surface area contributed by atoms with Gasteiger partial charge in [0.15, 0.2) is 0 Å². The summed E-state index contributed by atoms with van der Waals surface area (Å²) < 4.78 is 17.9. The molecule has 1 aliphatic heterocycles. The number of methoxy groups -OCH3 is 1. The summed E-state index contributed by atoms with van der Waals surface area (Å²) in [4.78, 5) is 24.2. The van der Waals surface area contributed by atoms with Crippen LogP contribution in [0, 0.1) is 0 Å². The molecule has 2 N–H and O–H groups in total. The molecule has 0 saturated heterocycles. The minimum atomic E-state index is -0.916. The topological polar surface area (TPSA) is 94.1 Å². The fourth-order valence-corrected chi connectivity index (χ4v) is 4.26. The standard InChI is InChI=1S/C26H23BrClNO6/c1-33-24(12-15-2-6-17(27)7-3-15)29-25(30)16-4-8-18(9-5-16)35-23-14-22-20(13-21(23)28)19(26(31)32)10-11-34-22/h2-9,13-14,19,24H,10-12H2,1H3,(H,29,30)(H,31,32). The van der Waals surface area contributed by atoms with E-state index in [1.807, 2.05) is 24.3 Å². The van der Waals surface area contributed by atoms with Crippen LogP contribution in [0.2, 0.25) is 5.02 Å². The van der Waals surface area contributed by atoms with Crippen LogP contribution in [-0.2, 0) is 16.0 Å². The third kappa shape index (κ3) is 6.14. The van der Waals surface area contributed by atoms with E-state index >= 15 is 0 Å². The number of carbonyl (C=O) groups excluding carboxylic acids is 1. The molecule has 1 aliphatic rings. The first-order valence-corrected chi connectivity index (χ1v) is 12.1. The average molecular weight is 561 g/mol. The maximum atomic E-state index is 12.7. The third-order valence-electron chi connectivity index (χ3n) is 5.66. The van der Waals surface area contributed by atoms with Gasteiger partial charge >= 0.3 is 5.97 Å². The monoisotopic (exact) mass is 559 g/mol. The van der Waals surface area contributed by atoms with E-state index in [4.69, 9.17) is 25.8 Å². The number of halogens is 2. The highest BCUT2D eigenvalue weighted by Gasteiger charge is 2.29. The molecule has 182 valence electrons. The van der Waals surface area contributed by atoms with Crippen molar-refractivity contribution >= 4 is 39.4 Å². The Morgan fingerprint density at radius 2 is 1.89 bits per heavy atom. The lowest BCUT2D eigenvalue weighted by atomic mass is 9.93. The van der Waals surface area contributed by atoms with Gasteiger partial charge in [-0.2, -0.15) is 0 Å². The number of aliphatic carboxylic acids is 1. The summed E-state index contributed by atoms with van der Waals surface area (Å²) >= 11 is 9.76. The van der Waals surface area contributed by atoms with Gasteiger partial charge in [0.05, 0.1) is 17.5 Å². The van der Waals surface area contributed by atoms with Gasteiger partial charge < -0.3 is 24.6 Å². The number of rotatable bonds is 8. The second-order valence-electron chi connectivity index (χ2n) is 8.00. The van der Waals surface area contributed by atoms with Gasteiger partial charge in [-0.15, -0.1) is 0 Å². The highest BCUT2D eigenvalue weighted by atomic mass is 79.9. The van der Waals surface area contributed by atoms with Crippen LogP contribution in [0.5, 0.6) is 17.2 Å². The molecule has 3 aromatic carbocycles. The molecule has 2 unspecified atom stereocenters. The summed E-state index contributed by atoms with van der Waals surface area (Å²) in [6.07, 6.45) is 0.428. The smallest absolute Gasteiger partial charge is 0.311 e. The van der Waals surface area contributed by atoms with E-state index in [0.29, 0.717) is 47.8 Å². The normalized spacial score (nSPS) is 15.5. The van der Waals surface area contributed by atoms with E-state index in [1.54, 1.807) is 43.5 Å². The molecule has 2 atom stereocenters. The lowest BCUT2D eigenvalue weighted by Gasteiger charge is -2.24. The SMILES string of the molecule is COC(Cc1ccc(Br)cc1)NC(=O)c1ccc(Oc2cc3c(cc2Cl)C(C(=O)O)CCO3)cc1. The Hall–Kier alpha value is -3.07. The Labute approximate surface area is 216 Å². The summed E-state index contributed by atoms with van der Waals surface area (Å²) in [5.41, 5.74) is 2.01. The van der Waals surface area contributed by atoms with E-state index in [9.17, 15) is 14.7 Å². The summed E-state index contributed by atoms with van der Waals surface area (Å²) in [7, 11) is 1.55. The van der Waals surface area contributed by atoms with Gasteiger partial charge in [-0.05, 0) is 54.4 Å². The number of carboxylic acid groups (broad SMARTS) is 1. The minimum absolute atomic E-state index is 0.276. The van der Waals surface area contributed by atoms with E-state index in [0.717, 1.165) is 10.0 Å². The second-order valence-corrected chi connectivity index (χ2v) is 9.33. The zero-order valence-corrected chi connectivity index (χ0v) is 21.1. The molecular weight excluding hydrogens is 538 g/mol. The van der Waals surface area contributed by atoms with Crippen LogP contribution >= 0.6 is 27.5 Å². The van der Waals surface area contributed by atoms with Gasteiger partial charge in [0.2, 0.25) is 0 Å². The van der Waals surface area contributed by atoms with E-state index in [-0.39, 0.29) is 10.9 Å². The van der Waals surface area contributed by atoms with Gasteiger partial charge in [-0.3, -0.25) is 9.59 Å². The molecule has 4 rings (SSSR count). The minimum Gasteiger partial charge on any atom is -0.493 e. The van der Waals surface area contributed by atoms with Crippen molar-refractivity contribution in [1.29, 1.82) is 0 Å². The quantitative estimate of drug-likeness (QED) is 0.339. The molecule has 35 heavy (non-hydrogen) atoms. The summed E-state index contributed by atoms with van der Waals surface area (Å²) in [5, 5.41) is 12.6. The Bertz CT molecular complexity index is 1220. The van der Waals surface area contributed by atoms with Gasteiger partial charge in [0, 0.05) is 35.2 Å². The number of ether oxygens (including phenoxy) is 3. The van der Waals surface area contributed by atoms with Crippen LogP contribution in [-0.4, -0.2) is 36.9 Å². The fraction of sp³-hybridized carbons (Fsp3) is 0.231. The molecular formula is C26H23BrClNO6. The number of hydrogen-bond donors (Lipinski definition) is 2. The van der Waals surface area contributed by atoms with Crippen molar-refractivity contribution in [3.8, 4) is 17.2 Å². The number of carboxylic acids is 1.